The van der Waals surface area contributed by atoms with Crippen LogP contribution in [0.2, 0.25) is 0 Å². The Hall–Kier alpha value is -1.61. The van der Waals surface area contributed by atoms with E-state index >= 15 is 0 Å². The first kappa shape index (κ1) is 19.7. The van der Waals surface area contributed by atoms with Crippen LogP contribution in [0.4, 0.5) is 0 Å². The van der Waals surface area contributed by atoms with Crippen LogP contribution >= 0.6 is 0 Å². The lowest BCUT2D eigenvalue weighted by Gasteiger charge is -2.41. The van der Waals surface area contributed by atoms with E-state index in [1.54, 1.807) is 4.90 Å². The fourth-order valence-electron chi connectivity index (χ4n) is 4.40. The minimum absolute atomic E-state index is 0.00363. The van der Waals surface area contributed by atoms with E-state index in [2.05, 4.69) is 11.4 Å². The van der Waals surface area contributed by atoms with E-state index in [1.165, 1.54) is 32.1 Å². The summed E-state index contributed by atoms with van der Waals surface area (Å²) in [6, 6.07) is 2.08. The lowest BCUT2D eigenvalue weighted by Crippen LogP contribution is -2.57. The van der Waals surface area contributed by atoms with Crippen molar-refractivity contribution in [1.29, 1.82) is 5.26 Å². The molecule has 2 rings (SSSR count). The van der Waals surface area contributed by atoms with Crippen molar-refractivity contribution in [2.24, 2.45) is 11.7 Å². The summed E-state index contributed by atoms with van der Waals surface area (Å²) in [4.78, 5) is 26.3. The Kier molecular flexibility index (Phi) is 7.24. The summed E-state index contributed by atoms with van der Waals surface area (Å²) in [5.74, 6) is 0.204. The molecule has 2 amide bonds. The predicted octanol–water partition coefficient (Wildman–Crippen LogP) is 2.09. The van der Waals surface area contributed by atoms with Gasteiger partial charge in [-0.05, 0) is 31.7 Å². The Morgan fingerprint density at radius 2 is 2.08 bits per heavy atom. The molecule has 1 heterocycles. The van der Waals surface area contributed by atoms with Gasteiger partial charge in [0.05, 0.1) is 6.07 Å². The molecule has 140 valence electrons. The summed E-state index contributed by atoms with van der Waals surface area (Å²) >= 11 is 0. The number of hydrogen-bond donors (Lipinski definition) is 2. The van der Waals surface area contributed by atoms with Crippen LogP contribution in [-0.2, 0) is 9.59 Å². The van der Waals surface area contributed by atoms with E-state index in [1.807, 2.05) is 6.92 Å². The normalized spacial score (nSPS) is 25.3. The van der Waals surface area contributed by atoms with Crippen molar-refractivity contribution in [2.75, 3.05) is 13.1 Å². The second-order valence-electron chi connectivity index (χ2n) is 7.61. The van der Waals surface area contributed by atoms with E-state index in [-0.39, 0.29) is 18.4 Å². The molecular formula is C19H32N4O2. The maximum absolute atomic E-state index is 13.1. The van der Waals surface area contributed by atoms with Gasteiger partial charge in [0, 0.05) is 25.4 Å². The number of hydrogen-bond acceptors (Lipinski definition) is 4. The molecule has 0 radical (unpaired) electrons. The third-order valence-electron chi connectivity index (χ3n) is 5.84. The molecule has 6 heteroatoms. The molecule has 0 spiro atoms. The van der Waals surface area contributed by atoms with Gasteiger partial charge < -0.3 is 16.0 Å². The monoisotopic (exact) mass is 348 g/mol. The van der Waals surface area contributed by atoms with Crippen LogP contribution in [0.15, 0.2) is 0 Å². The Balaban J connectivity index is 2.13. The number of primary amides is 1. The van der Waals surface area contributed by atoms with Gasteiger partial charge in [0.2, 0.25) is 11.8 Å². The van der Waals surface area contributed by atoms with Gasteiger partial charge >= 0.3 is 0 Å². The molecule has 2 unspecified atom stereocenters. The van der Waals surface area contributed by atoms with Crippen LogP contribution in [0.25, 0.3) is 0 Å². The Labute approximate surface area is 151 Å². The molecule has 6 nitrogen and oxygen atoms in total. The van der Waals surface area contributed by atoms with Crippen molar-refractivity contribution in [3.05, 3.63) is 0 Å². The number of amides is 2. The third kappa shape index (κ3) is 4.94. The van der Waals surface area contributed by atoms with Crippen molar-refractivity contribution in [3.63, 3.8) is 0 Å². The van der Waals surface area contributed by atoms with Crippen molar-refractivity contribution < 1.29 is 9.59 Å². The first-order valence-corrected chi connectivity index (χ1v) is 9.75. The summed E-state index contributed by atoms with van der Waals surface area (Å²) < 4.78 is 0. The highest BCUT2D eigenvalue weighted by Crippen LogP contribution is 2.31. The molecule has 1 saturated heterocycles. The molecule has 1 aliphatic heterocycles. The smallest absolute Gasteiger partial charge is 0.224 e. The number of nitriles is 1. The Bertz CT molecular complexity index is 502. The zero-order valence-corrected chi connectivity index (χ0v) is 15.4. The van der Waals surface area contributed by atoms with E-state index in [9.17, 15) is 14.9 Å². The maximum Gasteiger partial charge on any atom is 0.224 e. The molecule has 2 fully saturated rings. The Morgan fingerprint density at radius 3 is 2.60 bits per heavy atom. The van der Waals surface area contributed by atoms with E-state index < -0.39 is 11.4 Å². The molecular weight excluding hydrogens is 316 g/mol. The molecule has 2 aliphatic rings. The second kappa shape index (κ2) is 9.19. The van der Waals surface area contributed by atoms with Crippen LogP contribution < -0.4 is 11.1 Å². The largest absolute Gasteiger partial charge is 0.370 e. The number of rotatable bonds is 8. The fraction of sp³-hybridized carbons (Fsp3) is 0.842. The summed E-state index contributed by atoms with van der Waals surface area (Å²) in [5.41, 5.74) is 4.56. The van der Waals surface area contributed by atoms with E-state index in [4.69, 9.17) is 5.73 Å². The SMILES string of the molecule is CCC(CC(N)=O)N(C(=O)CCC1CCCCC1)C1(C#N)CCNC1. The molecule has 3 N–H and O–H groups in total. The van der Waals surface area contributed by atoms with E-state index in [0.29, 0.717) is 38.3 Å². The topological polar surface area (TPSA) is 99.2 Å². The molecule has 0 aromatic carbocycles. The molecule has 25 heavy (non-hydrogen) atoms. The first-order chi connectivity index (χ1) is 12.0. The van der Waals surface area contributed by atoms with Crippen molar-refractivity contribution in [3.8, 4) is 6.07 Å². The standard InChI is InChI=1S/C19H32N4O2/c1-2-16(12-17(21)24)23(19(13-20)10-11-22-14-19)18(25)9-8-15-6-4-3-5-7-15/h15-16,22H,2-12,14H2,1H3,(H2,21,24). The zero-order valence-electron chi connectivity index (χ0n) is 15.4. The molecule has 0 aromatic heterocycles. The molecule has 2 atom stereocenters. The number of carbonyl (C=O) groups is 2. The molecule has 0 bridgehead atoms. The van der Waals surface area contributed by atoms with Crippen LogP contribution in [0.3, 0.4) is 0 Å². The van der Waals surface area contributed by atoms with E-state index in [0.717, 1.165) is 6.42 Å². The Morgan fingerprint density at radius 1 is 1.36 bits per heavy atom. The summed E-state index contributed by atoms with van der Waals surface area (Å²) in [7, 11) is 0. The number of nitrogens with zero attached hydrogens (tertiary/aromatic N) is 2. The van der Waals surface area contributed by atoms with Gasteiger partial charge in [-0.15, -0.1) is 0 Å². The van der Waals surface area contributed by atoms with Crippen LogP contribution in [0.1, 0.15) is 71.1 Å². The maximum atomic E-state index is 13.1. The average Bonchev–Trinajstić information content (AvgIpc) is 3.09. The predicted molar refractivity (Wildman–Crippen MR) is 96.4 cm³/mol. The van der Waals surface area contributed by atoms with Gasteiger partial charge in [0.25, 0.3) is 0 Å². The summed E-state index contributed by atoms with van der Waals surface area (Å²) in [6.45, 7) is 3.13. The lowest BCUT2D eigenvalue weighted by atomic mass is 9.85. The van der Waals surface area contributed by atoms with Crippen molar-refractivity contribution >= 4 is 11.8 Å². The van der Waals surface area contributed by atoms with Gasteiger partial charge in [-0.2, -0.15) is 5.26 Å². The summed E-state index contributed by atoms with van der Waals surface area (Å²) in [6.07, 6.45) is 8.93. The highest BCUT2D eigenvalue weighted by molar-refractivity contribution is 5.80. The van der Waals surface area contributed by atoms with Gasteiger partial charge in [-0.3, -0.25) is 9.59 Å². The summed E-state index contributed by atoms with van der Waals surface area (Å²) in [5, 5.41) is 13.0. The zero-order chi connectivity index (χ0) is 18.3. The molecule has 1 saturated carbocycles. The highest BCUT2D eigenvalue weighted by Gasteiger charge is 2.45. The van der Waals surface area contributed by atoms with Crippen LogP contribution in [-0.4, -0.2) is 41.4 Å². The van der Waals surface area contributed by atoms with Gasteiger partial charge in [0.1, 0.15) is 5.54 Å². The number of carbonyl (C=O) groups excluding carboxylic acids is 2. The molecule has 1 aliphatic carbocycles. The van der Waals surface area contributed by atoms with Crippen molar-refractivity contribution in [2.45, 2.75) is 82.7 Å². The van der Waals surface area contributed by atoms with Crippen LogP contribution in [0.5, 0.6) is 0 Å². The van der Waals surface area contributed by atoms with Gasteiger partial charge in [-0.1, -0.05) is 39.0 Å². The van der Waals surface area contributed by atoms with Gasteiger partial charge in [-0.25, -0.2) is 0 Å². The molecule has 0 aromatic rings. The van der Waals surface area contributed by atoms with Crippen LogP contribution in [0, 0.1) is 17.2 Å². The minimum atomic E-state index is -0.847. The van der Waals surface area contributed by atoms with Crippen molar-refractivity contribution in [1.82, 2.24) is 10.2 Å². The van der Waals surface area contributed by atoms with Gasteiger partial charge in [0.15, 0.2) is 0 Å². The third-order valence-corrected chi connectivity index (χ3v) is 5.84. The number of nitrogens with two attached hydrogens (primary N) is 1. The highest BCUT2D eigenvalue weighted by atomic mass is 16.2. The second-order valence-corrected chi connectivity index (χ2v) is 7.61. The fourth-order valence-corrected chi connectivity index (χ4v) is 4.40. The minimum Gasteiger partial charge on any atom is -0.370 e. The quantitative estimate of drug-likeness (QED) is 0.701. The first-order valence-electron chi connectivity index (χ1n) is 9.75. The average molecular weight is 348 g/mol. The lowest BCUT2D eigenvalue weighted by molar-refractivity contribution is -0.140. The number of nitrogens with one attached hydrogen (secondary N) is 1.